The topological polar surface area (TPSA) is 104 Å². The number of carbonyl (C=O) groups is 3. The number of amides is 2. The molecule has 1 atom stereocenters. The zero-order valence-corrected chi connectivity index (χ0v) is 24.0. The predicted molar refractivity (Wildman–Crippen MR) is 160 cm³/mol. The maximum Gasteiger partial charge on any atom is 0.304 e. The Balaban J connectivity index is 1.25. The summed E-state index contributed by atoms with van der Waals surface area (Å²) in [4.78, 5) is 51.1. The van der Waals surface area contributed by atoms with Crippen molar-refractivity contribution in [2.75, 3.05) is 16.3 Å². The fourth-order valence-corrected chi connectivity index (χ4v) is 7.20. The van der Waals surface area contributed by atoms with E-state index in [9.17, 15) is 19.5 Å². The maximum absolute atomic E-state index is 13.9. The summed E-state index contributed by atoms with van der Waals surface area (Å²) < 4.78 is 0. The van der Waals surface area contributed by atoms with E-state index in [1.165, 1.54) is 11.3 Å². The van der Waals surface area contributed by atoms with Gasteiger partial charge in [-0.1, -0.05) is 49.9 Å². The Labute approximate surface area is 244 Å². The van der Waals surface area contributed by atoms with Crippen LogP contribution < -0.4 is 9.80 Å². The normalized spacial score (nSPS) is 18.4. The maximum atomic E-state index is 13.9. The average molecular weight is 573 g/mol. The van der Waals surface area contributed by atoms with Gasteiger partial charge in [0.05, 0.1) is 12.1 Å². The molecule has 9 heteroatoms. The zero-order chi connectivity index (χ0) is 28.3. The average Bonchev–Trinajstić information content (AvgIpc) is 3.45. The van der Waals surface area contributed by atoms with Crippen LogP contribution in [0.2, 0.25) is 0 Å². The number of aromatic nitrogens is 2. The lowest BCUT2D eigenvalue weighted by atomic mass is 9.90. The monoisotopic (exact) mass is 572 g/mol. The molecule has 2 saturated carbocycles. The van der Waals surface area contributed by atoms with Crippen LogP contribution in [-0.2, 0) is 14.4 Å². The Kier molecular flexibility index (Phi) is 8.14. The van der Waals surface area contributed by atoms with Crippen LogP contribution in [0.4, 0.5) is 10.9 Å². The molecule has 1 unspecified atom stereocenters. The molecular weight excluding hydrogens is 536 g/mol. The van der Waals surface area contributed by atoms with E-state index in [0.29, 0.717) is 36.3 Å². The molecule has 3 heterocycles. The molecule has 0 spiro atoms. The van der Waals surface area contributed by atoms with Gasteiger partial charge in [0.15, 0.2) is 5.13 Å². The van der Waals surface area contributed by atoms with E-state index in [2.05, 4.69) is 4.98 Å². The lowest BCUT2D eigenvalue weighted by Crippen LogP contribution is -2.39. The smallest absolute Gasteiger partial charge is 0.304 e. The number of pyridine rings is 1. The molecule has 3 aromatic rings. The first-order chi connectivity index (χ1) is 20.0. The van der Waals surface area contributed by atoms with E-state index in [0.717, 1.165) is 73.8 Å². The van der Waals surface area contributed by atoms with Crippen molar-refractivity contribution >= 4 is 40.1 Å². The summed E-state index contributed by atoms with van der Waals surface area (Å²) in [6, 6.07) is 12.0. The summed E-state index contributed by atoms with van der Waals surface area (Å²) in [5.74, 6) is -0.309. The highest BCUT2D eigenvalue weighted by molar-refractivity contribution is 7.14. The molecule has 6 rings (SSSR count). The third kappa shape index (κ3) is 6.20. The second-order valence-corrected chi connectivity index (χ2v) is 12.4. The van der Waals surface area contributed by atoms with Crippen molar-refractivity contribution in [3.05, 3.63) is 48.0 Å². The Hall–Kier alpha value is -3.59. The van der Waals surface area contributed by atoms with Crippen LogP contribution >= 0.6 is 11.3 Å². The minimum atomic E-state index is -0.921. The van der Waals surface area contributed by atoms with Gasteiger partial charge in [0, 0.05) is 47.6 Å². The van der Waals surface area contributed by atoms with Crippen LogP contribution in [0.25, 0.3) is 22.4 Å². The third-order valence-corrected chi connectivity index (χ3v) is 9.41. The Morgan fingerprint density at radius 1 is 1.02 bits per heavy atom. The van der Waals surface area contributed by atoms with Gasteiger partial charge in [0.2, 0.25) is 11.8 Å². The molecule has 2 amide bonds. The van der Waals surface area contributed by atoms with Gasteiger partial charge < -0.3 is 5.11 Å². The fourth-order valence-electron chi connectivity index (χ4n) is 6.30. The number of rotatable bonds is 10. The van der Waals surface area contributed by atoms with Crippen molar-refractivity contribution in [1.82, 2.24) is 9.97 Å². The summed E-state index contributed by atoms with van der Waals surface area (Å²) in [5.41, 5.74) is 3.62. The lowest BCUT2D eigenvalue weighted by Gasteiger charge is -2.26. The minimum absolute atomic E-state index is 0.0888. The van der Waals surface area contributed by atoms with E-state index in [4.69, 9.17) is 4.98 Å². The first kappa shape index (κ1) is 27.6. The van der Waals surface area contributed by atoms with Gasteiger partial charge in [-0.25, -0.2) is 9.97 Å². The van der Waals surface area contributed by atoms with E-state index in [1.807, 2.05) is 48.0 Å². The molecule has 3 fully saturated rings. The first-order valence-electron chi connectivity index (χ1n) is 14.8. The van der Waals surface area contributed by atoms with Crippen molar-refractivity contribution in [1.29, 1.82) is 0 Å². The van der Waals surface area contributed by atoms with Crippen LogP contribution in [0.1, 0.15) is 70.6 Å². The van der Waals surface area contributed by atoms with Gasteiger partial charge in [0.1, 0.15) is 5.82 Å². The minimum Gasteiger partial charge on any atom is -0.481 e. The number of aliphatic carboxylic acids is 1. The first-order valence-corrected chi connectivity index (χ1v) is 15.7. The number of benzene rings is 1. The Bertz CT molecular complexity index is 1410. The van der Waals surface area contributed by atoms with Crippen LogP contribution in [0, 0.1) is 11.8 Å². The largest absolute Gasteiger partial charge is 0.481 e. The quantitative estimate of drug-likeness (QED) is 0.295. The summed E-state index contributed by atoms with van der Waals surface area (Å²) in [6.07, 6.45) is 11.1. The third-order valence-electron chi connectivity index (χ3n) is 8.57. The standard InChI is InChI=1S/C32H36N4O4S/c37-29-11-5-6-16-35(29)28-15-12-22(19-33-28)25-9-3-4-10-26(25)27-20-41-32(34-27)36(24-13-14-24)31(40)23(18-30(38)39)17-21-7-1-2-8-21/h3-4,9-10,12,15,19-21,23-24H,1-2,5-8,11,13-14,16-18H2,(H,38,39). The molecule has 3 aliphatic rings. The van der Waals surface area contributed by atoms with Gasteiger partial charge in [-0.2, -0.15) is 0 Å². The Morgan fingerprint density at radius 3 is 2.49 bits per heavy atom. The molecule has 1 N–H and O–H groups in total. The molecule has 8 nitrogen and oxygen atoms in total. The van der Waals surface area contributed by atoms with Crippen LogP contribution in [-0.4, -0.2) is 45.4 Å². The molecule has 2 aromatic heterocycles. The Morgan fingerprint density at radius 2 is 1.80 bits per heavy atom. The number of thiazole rings is 1. The van der Waals surface area contributed by atoms with Crippen molar-refractivity contribution in [3.8, 4) is 22.4 Å². The molecule has 0 bridgehead atoms. The molecule has 0 radical (unpaired) electrons. The van der Waals surface area contributed by atoms with Crippen molar-refractivity contribution < 1.29 is 19.5 Å². The molecule has 1 aliphatic heterocycles. The number of nitrogens with zero attached hydrogens (tertiary/aromatic N) is 4. The number of hydrogen-bond acceptors (Lipinski definition) is 6. The van der Waals surface area contributed by atoms with Crippen molar-refractivity contribution in [2.24, 2.45) is 11.8 Å². The number of carbonyl (C=O) groups excluding carboxylic acids is 2. The molecule has 1 aromatic carbocycles. The number of carboxylic acid groups (broad SMARTS) is 1. The molecular formula is C32H36N4O4S. The SMILES string of the molecule is O=C(O)CC(CC1CCCC1)C(=O)N(c1nc(-c2ccccc2-c2ccc(N3CCCCC3=O)nc2)cs1)C1CC1. The predicted octanol–water partition coefficient (Wildman–Crippen LogP) is 6.56. The van der Waals surface area contributed by atoms with E-state index < -0.39 is 11.9 Å². The van der Waals surface area contributed by atoms with Crippen LogP contribution in [0.5, 0.6) is 0 Å². The van der Waals surface area contributed by atoms with Crippen molar-refractivity contribution in [2.45, 2.75) is 76.7 Å². The van der Waals surface area contributed by atoms with Gasteiger partial charge in [0.25, 0.3) is 0 Å². The van der Waals surface area contributed by atoms with Crippen LogP contribution in [0.3, 0.4) is 0 Å². The van der Waals surface area contributed by atoms with E-state index in [-0.39, 0.29) is 24.3 Å². The summed E-state index contributed by atoms with van der Waals surface area (Å²) in [6.45, 7) is 0.702. The second-order valence-electron chi connectivity index (χ2n) is 11.6. The van der Waals surface area contributed by atoms with Gasteiger partial charge in [-0.15, -0.1) is 11.3 Å². The van der Waals surface area contributed by atoms with Gasteiger partial charge in [-0.3, -0.25) is 24.2 Å². The molecule has 1 saturated heterocycles. The second kappa shape index (κ2) is 12.1. The van der Waals surface area contributed by atoms with E-state index in [1.54, 1.807) is 9.80 Å². The highest BCUT2D eigenvalue weighted by Gasteiger charge is 2.40. The van der Waals surface area contributed by atoms with Crippen LogP contribution in [0.15, 0.2) is 48.0 Å². The number of hydrogen-bond donors (Lipinski definition) is 1. The summed E-state index contributed by atoms with van der Waals surface area (Å²) in [5, 5.41) is 12.2. The summed E-state index contributed by atoms with van der Waals surface area (Å²) >= 11 is 1.44. The highest BCUT2D eigenvalue weighted by atomic mass is 32.1. The van der Waals surface area contributed by atoms with E-state index >= 15 is 0 Å². The molecule has 2 aliphatic carbocycles. The molecule has 41 heavy (non-hydrogen) atoms. The number of carboxylic acids is 1. The fraction of sp³-hybridized carbons (Fsp3) is 0.469. The summed E-state index contributed by atoms with van der Waals surface area (Å²) in [7, 11) is 0. The van der Waals surface area contributed by atoms with Crippen molar-refractivity contribution in [3.63, 3.8) is 0 Å². The molecule has 214 valence electrons. The number of anilines is 2. The highest BCUT2D eigenvalue weighted by Crippen LogP contribution is 2.40. The van der Waals surface area contributed by atoms with Gasteiger partial charge in [-0.05, 0) is 55.7 Å². The lowest BCUT2D eigenvalue weighted by molar-refractivity contribution is -0.141. The van der Waals surface area contributed by atoms with Gasteiger partial charge >= 0.3 is 5.97 Å². The number of piperidine rings is 1. The zero-order valence-electron chi connectivity index (χ0n) is 23.2.